The molecule has 0 spiro atoms. The normalized spacial score (nSPS) is 22.7. The molecule has 1 N–H and O–H groups in total. The highest BCUT2D eigenvalue weighted by Crippen LogP contribution is 2.32. The topological polar surface area (TPSA) is 70.5 Å². The lowest BCUT2D eigenvalue weighted by atomic mass is 10.0. The van der Waals surface area contributed by atoms with E-state index in [0.717, 1.165) is 0 Å². The Morgan fingerprint density at radius 3 is 2.61 bits per heavy atom. The first-order chi connectivity index (χ1) is 8.59. The summed E-state index contributed by atoms with van der Waals surface area (Å²) in [7, 11) is 1.68. The van der Waals surface area contributed by atoms with Gasteiger partial charge in [0.1, 0.15) is 5.82 Å². The van der Waals surface area contributed by atoms with Gasteiger partial charge in [-0.15, -0.1) is 0 Å². The van der Waals surface area contributed by atoms with Crippen molar-refractivity contribution in [3.8, 4) is 0 Å². The summed E-state index contributed by atoms with van der Waals surface area (Å²) in [6, 6.07) is 5.38. The van der Waals surface area contributed by atoms with Crippen molar-refractivity contribution in [2.24, 2.45) is 11.8 Å². The van der Waals surface area contributed by atoms with Crippen LogP contribution in [0.3, 0.4) is 0 Å². The lowest BCUT2D eigenvalue weighted by molar-refractivity contribution is -0.141. The Labute approximate surface area is 105 Å². The predicted octanol–water partition coefficient (Wildman–Crippen LogP) is 1.55. The van der Waals surface area contributed by atoms with E-state index in [2.05, 4.69) is 4.98 Å². The molecule has 1 aromatic rings. The molecule has 1 fully saturated rings. The van der Waals surface area contributed by atoms with E-state index in [-0.39, 0.29) is 17.7 Å². The minimum absolute atomic E-state index is 0.0440. The van der Waals surface area contributed by atoms with Gasteiger partial charge in [-0.05, 0) is 31.4 Å². The molecule has 1 saturated carbocycles. The van der Waals surface area contributed by atoms with Gasteiger partial charge in [0.25, 0.3) is 0 Å². The summed E-state index contributed by atoms with van der Waals surface area (Å²) in [5, 5.41) is 8.93. The highest BCUT2D eigenvalue weighted by atomic mass is 16.4. The zero-order chi connectivity index (χ0) is 13.1. The van der Waals surface area contributed by atoms with Crippen molar-refractivity contribution in [3.63, 3.8) is 0 Å². The van der Waals surface area contributed by atoms with Crippen LogP contribution in [-0.2, 0) is 9.59 Å². The van der Waals surface area contributed by atoms with Crippen molar-refractivity contribution in [1.82, 2.24) is 4.98 Å². The van der Waals surface area contributed by atoms with E-state index >= 15 is 0 Å². The molecule has 1 aliphatic rings. The lowest BCUT2D eigenvalue weighted by Gasteiger charge is -2.19. The van der Waals surface area contributed by atoms with Crippen molar-refractivity contribution >= 4 is 17.7 Å². The maximum atomic E-state index is 12.2. The van der Waals surface area contributed by atoms with Gasteiger partial charge in [-0.3, -0.25) is 14.5 Å². The molecule has 18 heavy (non-hydrogen) atoms. The Hall–Kier alpha value is -1.91. The summed E-state index contributed by atoms with van der Waals surface area (Å²) < 4.78 is 0. The van der Waals surface area contributed by atoms with Crippen molar-refractivity contribution in [1.29, 1.82) is 0 Å². The first-order valence-electron chi connectivity index (χ1n) is 6.01. The number of rotatable bonds is 3. The summed E-state index contributed by atoms with van der Waals surface area (Å²) in [6.45, 7) is 0. The average molecular weight is 248 g/mol. The number of pyridine rings is 1. The summed E-state index contributed by atoms with van der Waals surface area (Å²) >= 11 is 0. The van der Waals surface area contributed by atoms with Crippen LogP contribution in [-0.4, -0.2) is 29.0 Å². The van der Waals surface area contributed by atoms with Crippen LogP contribution in [0.2, 0.25) is 0 Å². The predicted molar refractivity (Wildman–Crippen MR) is 66.1 cm³/mol. The Morgan fingerprint density at radius 1 is 1.33 bits per heavy atom. The van der Waals surface area contributed by atoms with Crippen LogP contribution in [0.5, 0.6) is 0 Å². The summed E-state index contributed by atoms with van der Waals surface area (Å²) in [5.41, 5.74) is 0. The molecule has 1 aliphatic carbocycles. The molecule has 1 amide bonds. The van der Waals surface area contributed by atoms with Gasteiger partial charge in [0.05, 0.1) is 5.92 Å². The number of carboxylic acid groups (broad SMARTS) is 1. The quantitative estimate of drug-likeness (QED) is 0.881. The Balaban J connectivity index is 2.02. The van der Waals surface area contributed by atoms with E-state index < -0.39 is 5.97 Å². The Morgan fingerprint density at radius 2 is 2.06 bits per heavy atom. The van der Waals surface area contributed by atoms with Gasteiger partial charge in [0, 0.05) is 19.2 Å². The highest BCUT2D eigenvalue weighted by molar-refractivity contribution is 5.94. The SMILES string of the molecule is CN(C(=O)C1CCC(C(=O)O)C1)c1ccccn1. The van der Waals surface area contributed by atoms with Crippen molar-refractivity contribution in [2.75, 3.05) is 11.9 Å². The fourth-order valence-corrected chi connectivity index (χ4v) is 2.37. The first-order valence-corrected chi connectivity index (χ1v) is 6.01. The minimum atomic E-state index is -0.800. The van der Waals surface area contributed by atoms with Gasteiger partial charge in [-0.1, -0.05) is 6.07 Å². The van der Waals surface area contributed by atoms with Crippen molar-refractivity contribution < 1.29 is 14.7 Å². The van der Waals surface area contributed by atoms with Crippen LogP contribution >= 0.6 is 0 Å². The van der Waals surface area contributed by atoms with Crippen molar-refractivity contribution in [3.05, 3.63) is 24.4 Å². The second kappa shape index (κ2) is 5.16. The number of carboxylic acids is 1. The maximum absolute atomic E-state index is 12.2. The van der Waals surface area contributed by atoms with Crippen LogP contribution < -0.4 is 4.90 Å². The van der Waals surface area contributed by atoms with Gasteiger partial charge < -0.3 is 5.11 Å². The van der Waals surface area contributed by atoms with Crippen LogP contribution in [0.1, 0.15) is 19.3 Å². The number of hydrogen-bond donors (Lipinski definition) is 1. The number of hydrogen-bond acceptors (Lipinski definition) is 3. The van der Waals surface area contributed by atoms with Crippen molar-refractivity contribution in [2.45, 2.75) is 19.3 Å². The number of carbonyl (C=O) groups is 2. The molecule has 2 unspecified atom stereocenters. The average Bonchev–Trinajstić information content (AvgIpc) is 2.88. The summed E-state index contributed by atoms with van der Waals surface area (Å²) in [6.07, 6.45) is 3.30. The monoisotopic (exact) mass is 248 g/mol. The summed E-state index contributed by atoms with van der Waals surface area (Å²) in [4.78, 5) is 28.7. The fourth-order valence-electron chi connectivity index (χ4n) is 2.37. The highest BCUT2D eigenvalue weighted by Gasteiger charge is 2.35. The second-order valence-corrected chi connectivity index (χ2v) is 4.63. The minimum Gasteiger partial charge on any atom is -0.481 e. The lowest BCUT2D eigenvalue weighted by Crippen LogP contribution is -2.32. The van der Waals surface area contributed by atoms with Gasteiger partial charge in [-0.2, -0.15) is 0 Å². The number of aliphatic carboxylic acids is 1. The van der Waals surface area contributed by atoms with Gasteiger partial charge >= 0.3 is 5.97 Å². The molecule has 0 saturated heterocycles. The third kappa shape index (κ3) is 2.50. The van der Waals surface area contributed by atoms with Crippen LogP contribution in [0.15, 0.2) is 24.4 Å². The standard InChI is InChI=1S/C13H16N2O3/c1-15(11-4-2-3-7-14-11)12(16)9-5-6-10(8-9)13(17)18/h2-4,7,9-10H,5-6,8H2,1H3,(H,17,18). The van der Waals surface area contributed by atoms with E-state index in [1.165, 1.54) is 4.90 Å². The van der Waals surface area contributed by atoms with E-state index in [4.69, 9.17) is 5.11 Å². The zero-order valence-electron chi connectivity index (χ0n) is 10.2. The smallest absolute Gasteiger partial charge is 0.306 e. The molecule has 5 heteroatoms. The fraction of sp³-hybridized carbons (Fsp3) is 0.462. The Bertz CT molecular complexity index is 447. The van der Waals surface area contributed by atoms with Gasteiger partial charge in [-0.25, -0.2) is 4.98 Å². The van der Waals surface area contributed by atoms with Crippen LogP contribution in [0.4, 0.5) is 5.82 Å². The zero-order valence-corrected chi connectivity index (χ0v) is 10.2. The van der Waals surface area contributed by atoms with E-state index in [9.17, 15) is 9.59 Å². The third-order valence-corrected chi connectivity index (χ3v) is 3.45. The summed E-state index contributed by atoms with van der Waals surface area (Å²) in [5.74, 6) is -0.821. The molecular weight excluding hydrogens is 232 g/mol. The number of amides is 1. The molecule has 96 valence electrons. The Kier molecular flexibility index (Phi) is 3.60. The number of aromatic nitrogens is 1. The molecule has 0 aromatic carbocycles. The maximum Gasteiger partial charge on any atom is 0.306 e. The van der Waals surface area contributed by atoms with E-state index in [0.29, 0.717) is 25.1 Å². The molecule has 0 aliphatic heterocycles. The molecule has 0 bridgehead atoms. The number of anilines is 1. The van der Waals surface area contributed by atoms with Crippen LogP contribution in [0.25, 0.3) is 0 Å². The molecule has 5 nitrogen and oxygen atoms in total. The molecular formula is C13H16N2O3. The second-order valence-electron chi connectivity index (χ2n) is 4.63. The van der Waals surface area contributed by atoms with Crippen LogP contribution in [0, 0.1) is 11.8 Å². The molecule has 2 rings (SSSR count). The van der Waals surface area contributed by atoms with E-state index in [1.54, 1.807) is 25.4 Å². The largest absolute Gasteiger partial charge is 0.481 e. The third-order valence-electron chi connectivity index (χ3n) is 3.45. The van der Waals surface area contributed by atoms with E-state index in [1.807, 2.05) is 6.07 Å². The molecule has 0 radical (unpaired) electrons. The van der Waals surface area contributed by atoms with Gasteiger partial charge in [0.15, 0.2) is 0 Å². The number of nitrogens with zero attached hydrogens (tertiary/aromatic N) is 2. The molecule has 1 aromatic heterocycles. The molecule has 2 atom stereocenters. The molecule has 1 heterocycles. The first kappa shape index (κ1) is 12.5. The van der Waals surface area contributed by atoms with Gasteiger partial charge in [0.2, 0.25) is 5.91 Å². The number of carbonyl (C=O) groups excluding carboxylic acids is 1.